The van der Waals surface area contributed by atoms with Gasteiger partial charge in [0.2, 0.25) is 0 Å². The molecule has 0 saturated carbocycles. The van der Waals surface area contributed by atoms with Gasteiger partial charge in [0.05, 0.1) is 11.8 Å². The number of alkyl halides is 1. The molecule has 0 atom stereocenters. The van der Waals surface area contributed by atoms with Crippen LogP contribution in [0.15, 0.2) is 16.7 Å². The van der Waals surface area contributed by atoms with E-state index in [0.29, 0.717) is 17.2 Å². The molecule has 0 unspecified atom stereocenters. The van der Waals surface area contributed by atoms with Crippen LogP contribution < -0.4 is 0 Å². The Morgan fingerprint density at radius 3 is 2.65 bits per heavy atom. The zero-order valence-electron chi connectivity index (χ0n) is 9.99. The van der Waals surface area contributed by atoms with E-state index in [9.17, 15) is 4.79 Å². The summed E-state index contributed by atoms with van der Waals surface area (Å²) in [4.78, 5) is 16.3. The van der Waals surface area contributed by atoms with Crippen LogP contribution in [0.5, 0.6) is 0 Å². The Kier molecular flexibility index (Phi) is 4.07. The van der Waals surface area contributed by atoms with Gasteiger partial charge in [0, 0.05) is 38.6 Å². The second-order valence-corrected chi connectivity index (χ2v) is 4.59. The van der Waals surface area contributed by atoms with Crippen molar-refractivity contribution in [2.24, 2.45) is 0 Å². The number of hydrogen-bond acceptors (Lipinski definition) is 3. The van der Waals surface area contributed by atoms with Crippen LogP contribution in [0.25, 0.3) is 0 Å². The van der Waals surface area contributed by atoms with E-state index in [4.69, 9.17) is 16.0 Å². The van der Waals surface area contributed by atoms with Crippen LogP contribution in [-0.2, 0) is 0 Å². The van der Waals surface area contributed by atoms with Crippen LogP contribution >= 0.6 is 11.6 Å². The Morgan fingerprint density at radius 1 is 1.41 bits per heavy atom. The van der Waals surface area contributed by atoms with Gasteiger partial charge in [0.15, 0.2) is 0 Å². The lowest BCUT2D eigenvalue weighted by molar-refractivity contribution is 0.0642. The van der Waals surface area contributed by atoms with E-state index in [1.807, 2.05) is 11.8 Å². The quantitative estimate of drug-likeness (QED) is 0.771. The maximum Gasteiger partial charge on any atom is 0.257 e. The second kappa shape index (κ2) is 5.56. The highest BCUT2D eigenvalue weighted by Gasteiger charge is 2.23. The van der Waals surface area contributed by atoms with Crippen molar-refractivity contribution in [3.8, 4) is 0 Å². The molecule has 0 bridgehead atoms. The summed E-state index contributed by atoms with van der Waals surface area (Å²) < 4.78 is 5.16. The molecule has 2 rings (SSSR count). The molecule has 1 aliphatic rings. The number of piperazine rings is 1. The van der Waals surface area contributed by atoms with E-state index in [2.05, 4.69) is 4.90 Å². The van der Waals surface area contributed by atoms with E-state index in [-0.39, 0.29) is 5.91 Å². The maximum atomic E-state index is 12.2. The minimum atomic E-state index is 0.0711. The predicted octanol–water partition coefficient (Wildman–Crippen LogP) is 1.58. The fourth-order valence-corrected chi connectivity index (χ4v) is 2.31. The third-order valence-corrected chi connectivity index (χ3v) is 3.32. The van der Waals surface area contributed by atoms with Crippen molar-refractivity contribution in [1.29, 1.82) is 0 Å². The number of rotatable bonds is 3. The Hall–Kier alpha value is -1.00. The van der Waals surface area contributed by atoms with Crippen molar-refractivity contribution >= 4 is 17.5 Å². The molecule has 0 aromatic carbocycles. The summed E-state index contributed by atoms with van der Waals surface area (Å²) in [5.74, 6) is 1.41. The van der Waals surface area contributed by atoms with Crippen LogP contribution in [0.3, 0.4) is 0 Å². The SMILES string of the molecule is Cc1occc1C(=O)N1CCN(CCCl)CC1. The summed E-state index contributed by atoms with van der Waals surface area (Å²) in [5.41, 5.74) is 0.677. The monoisotopic (exact) mass is 256 g/mol. The van der Waals surface area contributed by atoms with Crippen LogP contribution in [0.1, 0.15) is 16.1 Å². The van der Waals surface area contributed by atoms with Crippen LogP contribution in [-0.4, -0.2) is 54.3 Å². The van der Waals surface area contributed by atoms with Crippen LogP contribution in [0, 0.1) is 6.92 Å². The molecule has 5 heteroatoms. The average Bonchev–Trinajstić information content (AvgIpc) is 2.76. The van der Waals surface area contributed by atoms with Gasteiger partial charge in [-0.1, -0.05) is 0 Å². The number of furan rings is 1. The van der Waals surface area contributed by atoms with Gasteiger partial charge in [-0.25, -0.2) is 0 Å². The smallest absolute Gasteiger partial charge is 0.257 e. The normalized spacial score (nSPS) is 17.4. The largest absolute Gasteiger partial charge is 0.469 e. The molecule has 1 aliphatic heterocycles. The van der Waals surface area contributed by atoms with Gasteiger partial charge in [-0.05, 0) is 13.0 Å². The van der Waals surface area contributed by atoms with Crippen molar-refractivity contribution in [2.75, 3.05) is 38.6 Å². The summed E-state index contributed by atoms with van der Waals surface area (Å²) in [6, 6.07) is 1.74. The number of carbonyl (C=O) groups excluding carboxylic acids is 1. The Morgan fingerprint density at radius 2 is 2.12 bits per heavy atom. The number of hydrogen-bond donors (Lipinski definition) is 0. The van der Waals surface area contributed by atoms with Gasteiger partial charge < -0.3 is 9.32 Å². The van der Waals surface area contributed by atoms with Gasteiger partial charge in [0.1, 0.15) is 5.76 Å². The van der Waals surface area contributed by atoms with Crippen LogP contribution in [0.4, 0.5) is 0 Å². The van der Waals surface area contributed by atoms with Crippen LogP contribution in [0.2, 0.25) is 0 Å². The van der Waals surface area contributed by atoms with Crippen molar-refractivity contribution < 1.29 is 9.21 Å². The highest BCUT2D eigenvalue weighted by atomic mass is 35.5. The lowest BCUT2D eigenvalue weighted by Gasteiger charge is -2.34. The van der Waals surface area contributed by atoms with Gasteiger partial charge in [-0.3, -0.25) is 9.69 Å². The van der Waals surface area contributed by atoms with Crippen molar-refractivity contribution in [3.63, 3.8) is 0 Å². The van der Waals surface area contributed by atoms with E-state index in [0.717, 1.165) is 32.7 Å². The molecular weight excluding hydrogens is 240 g/mol. The highest BCUT2D eigenvalue weighted by molar-refractivity contribution is 6.18. The minimum Gasteiger partial charge on any atom is -0.469 e. The number of halogens is 1. The molecule has 94 valence electrons. The molecule has 0 radical (unpaired) electrons. The molecule has 1 saturated heterocycles. The summed E-state index contributed by atoms with van der Waals surface area (Å²) in [6.07, 6.45) is 1.56. The summed E-state index contributed by atoms with van der Waals surface area (Å²) in [5, 5.41) is 0. The molecule has 2 heterocycles. The molecule has 1 aromatic heterocycles. The standard InChI is InChI=1S/C12H17ClN2O2/c1-10-11(2-9-17-10)12(16)15-7-5-14(4-3-13)6-8-15/h2,9H,3-8H2,1H3. The van der Waals surface area contributed by atoms with Crippen molar-refractivity contribution in [3.05, 3.63) is 23.7 Å². The third-order valence-electron chi connectivity index (χ3n) is 3.15. The molecule has 1 amide bonds. The van der Waals surface area contributed by atoms with Gasteiger partial charge >= 0.3 is 0 Å². The zero-order valence-corrected chi connectivity index (χ0v) is 10.7. The number of amides is 1. The number of carbonyl (C=O) groups is 1. The third kappa shape index (κ3) is 2.82. The van der Waals surface area contributed by atoms with Gasteiger partial charge in [0.25, 0.3) is 5.91 Å². The van der Waals surface area contributed by atoms with E-state index in [1.54, 1.807) is 12.3 Å². The fourth-order valence-electron chi connectivity index (χ4n) is 2.07. The molecule has 0 spiro atoms. The molecule has 4 nitrogen and oxygen atoms in total. The molecule has 1 fully saturated rings. The molecule has 1 aromatic rings. The van der Waals surface area contributed by atoms with E-state index >= 15 is 0 Å². The summed E-state index contributed by atoms with van der Waals surface area (Å²) in [7, 11) is 0. The molecule has 17 heavy (non-hydrogen) atoms. The first-order valence-corrected chi connectivity index (χ1v) is 6.37. The van der Waals surface area contributed by atoms with Gasteiger partial charge in [-0.15, -0.1) is 11.6 Å². The van der Waals surface area contributed by atoms with Crippen molar-refractivity contribution in [2.45, 2.75) is 6.92 Å². The zero-order chi connectivity index (χ0) is 12.3. The Bertz CT molecular complexity index is 384. The first-order chi connectivity index (χ1) is 8.22. The van der Waals surface area contributed by atoms with Gasteiger partial charge in [-0.2, -0.15) is 0 Å². The first-order valence-electron chi connectivity index (χ1n) is 5.84. The summed E-state index contributed by atoms with van der Waals surface area (Å²) >= 11 is 5.70. The lowest BCUT2D eigenvalue weighted by Crippen LogP contribution is -2.49. The predicted molar refractivity (Wildman–Crippen MR) is 66.5 cm³/mol. The van der Waals surface area contributed by atoms with Crippen molar-refractivity contribution in [1.82, 2.24) is 9.80 Å². The Labute approximate surface area is 106 Å². The molecular formula is C12H17ClN2O2. The maximum absolute atomic E-state index is 12.2. The minimum absolute atomic E-state index is 0.0711. The average molecular weight is 257 g/mol. The lowest BCUT2D eigenvalue weighted by atomic mass is 10.2. The van der Waals surface area contributed by atoms with E-state index in [1.165, 1.54) is 0 Å². The summed E-state index contributed by atoms with van der Waals surface area (Å²) in [6.45, 7) is 6.04. The second-order valence-electron chi connectivity index (χ2n) is 4.21. The number of aryl methyl sites for hydroxylation is 1. The highest BCUT2D eigenvalue weighted by Crippen LogP contribution is 2.13. The van der Waals surface area contributed by atoms with E-state index < -0.39 is 0 Å². The fraction of sp³-hybridized carbons (Fsp3) is 0.583. The number of nitrogens with zero attached hydrogens (tertiary/aromatic N) is 2. The Balaban J connectivity index is 1.93. The topological polar surface area (TPSA) is 36.7 Å². The molecule has 0 aliphatic carbocycles. The first kappa shape index (κ1) is 12.5. The molecule has 0 N–H and O–H groups in total.